The van der Waals surface area contributed by atoms with Gasteiger partial charge in [0.25, 0.3) is 0 Å². The first kappa shape index (κ1) is 12.6. The van der Waals surface area contributed by atoms with Gasteiger partial charge in [-0.3, -0.25) is 0 Å². The van der Waals surface area contributed by atoms with E-state index < -0.39 is 19.7 Å². The number of unbranched alkanes of at least 4 members (excludes halogenated alkanes) is 4. The van der Waals surface area contributed by atoms with Crippen molar-refractivity contribution >= 4 is 19.7 Å². The van der Waals surface area contributed by atoms with Crippen molar-refractivity contribution in [3.8, 4) is 0 Å². The third kappa shape index (κ3) is 8.69. The second-order valence-corrected chi connectivity index (χ2v) is 9.38. The van der Waals surface area contributed by atoms with Crippen LogP contribution in [0.5, 0.6) is 0 Å². The quantitative estimate of drug-likeness (QED) is 0.487. The van der Waals surface area contributed by atoms with Crippen molar-refractivity contribution in [3.63, 3.8) is 0 Å². The van der Waals surface area contributed by atoms with Crippen LogP contribution in [-0.4, -0.2) is 19.7 Å². The van der Waals surface area contributed by atoms with Crippen LogP contribution in [0.15, 0.2) is 0 Å². The molecule has 0 aliphatic heterocycles. The van der Waals surface area contributed by atoms with Gasteiger partial charge in [-0.15, -0.1) is 0 Å². The van der Waals surface area contributed by atoms with E-state index in [0.717, 1.165) is 8.87 Å². The van der Waals surface area contributed by atoms with Gasteiger partial charge in [0.1, 0.15) is 0 Å². The molecule has 0 heterocycles. The third-order valence-electron chi connectivity index (χ3n) is 2.12. The van der Waals surface area contributed by atoms with Gasteiger partial charge in [-0.05, 0) is 0 Å². The van der Waals surface area contributed by atoms with E-state index in [4.69, 9.17) is 0 Å². The van der Waals surface area contributed by atoms with E-state index in [1.54, 1.807) is 0 Å². The molecule has 0 aliphatic carbocycles. The van der Waals surface area contributed by atoms with E-state index >= 15 is 0 Å². The van der Waals surface area contributed by atoms with Crippen molar-refractivity contribution in [2.75, 3.05) is 0 Å². The second kappa shape index (κ2) is 9.68. The van der Waals surface area contributed by atoms with Crippen LogP contribution in [0.1, 0.15) is 52.4 Å². The summed E-state index contributed by atoms with van der Waals surface area (Å²) in [7, 11) is 0. The fourth-order valence-electron chi connectivity index (χ4n) is 1.25. The maximum absolute atomic E-state index is 11.4. The Labute approximate surface area is 84.1 Å². The Bertz CT molecular complexity index is 112. The summed E-state index contributed by atoms with van der Waals surface area (Å²) in [5.41, 5.74) is 0. The molecule has 0 amide bonds. The van der Waals surface area contributed by atoms with Crippen LogP contribution in [0, 0.1) is 0 Å². The van der Waals surface area contributed by atoms with Crippen LogP contribution < -0.4 is 0 Å². The Morgan fingerprint density at radius 2 is 1.42 bits per heavy atom. The first-order valence-electron chi connectivity index (χ1n) is 5.33. The minimum atomic E-state index is -2.03. The van der Waals surface area contributed by atoms with Crippen LogP contribution in [0.25, 0.3) is 0 Å². The first-order valence-corrected chi connectivity index (χ1v) is 10.5. The van der Waals surface area contributed by atoms with Crippen LogP contribution >= 0.6 is 0 Å². The standard InChI is InChI=1S/C6H13.C4H9.O.Sn/c1-3-5-6-4-2;1-3-4-2;;/h1,3-6H2,2H3;1,3-4H2,2H3;;. The molecule has 0 aliphatic rings. The fraction of sp³-hybridized carbons (Fsp3) is 1.00. The predicted molar refractivity (Wildman–Crippen MR) is 55.1 cm³/mol. The molecule has 0 fully saturated rings. The zero-order valence-corrected chi connectivity index (χ0v) is 11.4. The molecule has 2 heteroatoms. The van der Waals surface area contributed by atoms with Gasteiger partial charge in [0.05, 0.1) is 0 Å². The Hall–Kier alpha value is 0.599. The molecule has 0 atom stereocenters. The molecule has 0 bridgehead atoms. The fourth-order valence-corrected chi connectivity index (χ4v) is 5.93. The normalized spacial score (nSPS) is 10.2. The summed E-state index contributed by atoms with van der Waals surface area (Å²) in [6, 6.07) is 0. The van der Waals surface area contributed by atoms with Gasteiger partial charge in [0.15, 0.2) is 0 Å². The Kier molecular flexibility index (Phi) is 10.2. The van der Waals surface area contributed by atoms with Gasteiger partial charge >= 0.3 is 84.1 Å². The summed E-state index contributed by atoms with van der Waals surface area (Å²) in [6.07, 6.45) is 7.55. The van der Waals surface area contributed by atoms with Crippen molar-refractivity contribution in [3.05, 3.63) is 0 Å². The summed E-state index contributed by atoms with van der Waals surface area (Å²) in [4.78, 5) is 0. The van der Waals surface area contributed by atoms with Crippen molar-refractivity contribution in [2.45, 2.75) is 61.2 Å². The minimum absolute atomic E-state index is 1.09. The zero-order valence-electron chi connectivity index (χ0n) is 8.57. The molecule has 0 radical (unpaired) electrons. The summed E-state index contributed by atoms with van der Waals surface area (Å²) in [5, 5.41) is 0. The van der Waals surface area contributed by atoms with Crippen molar-refractivity contribution < 1.29 is 3.08 Å². The van der Waals surface area contributed by atoms with Gasteiger partial charge in [0.2, 0.25) is 0 Å². The first-order chi connectivity index (χ1) is 5.81. The van der Waals surface area contributed by atoms with Gasteiger partial charge in [-0.25, -0.2) is 0 Å². The zero-order chi connectivity index (χ0) is 9.23. The van der Waals surface area contributed by atoms with E-state index in [1.165, 1.54) is 38.5 Å². The number of hydrogen-bond acceptors (Lipinski definition) is 1. The van der Waals surface area contributed by atoms with Crippen molar-refractivity contribution in [1.82, 2.24) is 0 Å². The Morgan fingerprint density at radius 1 is 0.833 bits per heavy atom. The number of hydrogen-bond donors (Lipinski definition) is 0. The summed E-state index contributed by atoms with van der Waals surface area (Å²) >= 11 is -2.03. The molecule has 0 rings (SSSR count). The Balaban J connectivity index is 3.08. The van der Waals surface area contributed by atoms with Gasteiger partial charge in [-0.2, -0.15) is 0 Å². The van der Waals surface area contributed by atoms with Gasteiger partial charge in [0, 0.05) is 0 Å². The summed E-state index contributed by atoms with van der Waals surface area (Å²) < 4.78 is 13.6. The molecule has 0 saturated heterocycles. The molecule has 0 unspecified atom stereocenters. The molecule has 12 heavy (non-hydrogen) atoms. The molecule has 0 N–H and O–H groups in total. The molecular weight excluding hydrogens is 255 g/mol. The van der Waals surface area contributed by atoms with Gasteiger partial charge in [-0.1, -0.05) is 0 Å². The molecule has 0 aromatic rings. The van der Waals surface area contributed by atoms with Crippen LogP contribution in [0.2, 0.25) is 8.87 Å². The van der Waals surface area contributed by atoms with Crippen LogP contribution in [0.3, 0.4) is 0 Å². The molecule has 0 saturated carbocycles. The SMILES string of the molecule is CCCCC[CH2][Sn](=[O])[CH2]CCC. The molecule has 0 aromatic carbocycles. The van der Waals surface area contributed by atoms with Gasteiger partial charge < -0.3 is 0 Å². The van der Waals surface area contributed by atoms with Crippen LogP contribution in [-0.2, 0) is 3.08 Å². The summed E-state index contributed by atoms with van der Waals surface area (Å²) in [5.74, 6) is 0. The summed E-state index contributed by atoms with van der Waals surface area (Å²) in [6.45, 7) is 4.39. The molecular formula is C10H22OSn. The Morgan fingerprint density at radius 3 is 2.00 bits per heavy atom. The van der Waals surface area contributed by atoms with E-state index in [2.05, 4.69) is 13.8 Å². The molecule has 72 valence electrons. The average Bonchev–Trinajstić information content (AvgIpc) is 2.09. The van der Waals surface area contributed by atoms with Crippen molar-refractivity contribution in [1.29, 1.82) is 0 Å². The predicted octanol–water partition coefficient (Wildman–Crippen LogP) is 3.79. The average molecular weight is 277 g/mol. The second-order valence-electron chi connectivity index (χ2n) is 3.45. The third-order valence-corrected chi connectivity index (χ3v) is 7.32. The van der Waals surface area contributed by atoms with E-state index in [-0.39, 0.29) is 0 Å². The molecule has 0 spiro atoms. The van der Waals surface area contributed by atoms with E-state index in [0.29, 0.717) is 0 Å². The van der Waals surface area contributed by atoms with Crippen molar-refractivity contribution in [2.24, 2.45) is 0 Å². The topological polar surface area (TPSA) is 17.1 Å². The molecule has 1 nitrogen and oxygen atoms in total. The van der Waals surface area contributed by atoms with E-state index in [1.807, 2.05) is 0 Å². The molecule has 0 aromatic heterocycles. The van der Waals surface area contributed by atoms with Crippen LogP contribution in [0.4, 0.5) is 0 Å². The number of rotatable bonds is 8. The van der Waals surface area contributed by atoms with E-state index in [9.17, 15) is 3.08 Å². The maximum atomic E-state index is 11.4. The monoisotopic (exact) mass is 278 g/mol.